The molecule has 2 aromatic carbocycles. The number of hydrogen-bond acceptors (Lipinski definition) is 4. The van der Waals surface area contributed by atoms with Crippen molar-refractivity contribution >= 4 is 11.8 Å². The first-order chi connectivity index (χ1) is 11.8. The molecule has 0 bridgehead atoms. The van der Waals surface area contributed by atoms with Crippen molar-refractivity contribution < 1.29 is 24.1 Å². The second-order valence-electron chi connectivity index (χ2n) is 6.45. The van der Waals surface area contributed by atoms with E-state index in [0.29, 0.717) is 17.7 Å². The minimum Gasteiger partial charge on any atom is -0.505 e. The molecule has 5 nitrogen and oxygen atoms in total. The van der Waals surface area contributed by atoms with Gasteiger partial charge in [0.25, 0.3) is 0 Å². The Hall–Kier alpha value is -2.60. The smallest absolute Gasteiger partial charge is 0.412 e. The van der Waals surface area contributed by atoms with Gasteiger partial charge < -0.3 is 14.9 Å². The number of aromatic hydroxyl groups is 1. The van der Waals surface area contributed by atoms with E-state index < -0.39 is 29.2 Å². The Morgan fingerprint density at radius 3 is 2.52 bits per heavy atom. The highest BCUT2D eigenvalue weighted by atomic mass is 19.1. The number of ether oxygens (including phenoxy) is 1. The summed E-state index contributed by atoms with van der Waals surface area (Å²) in [5, 5.41) is 21.3. The Kier molecular flexibility index (Phi) is 5.98. The van der Waals surface area contributed by atoms with Crippen molar-refractivity contribution in [2.75, 3.05) is 11.9 Å². The van der Waals surface area contributed by atoms with Crippen LogP contribution in [0.4, 0.5) is 14.9 Å². The molecule has 6 heteroatoms. The first kappa shape index (κ1) is 18.7. The lowest BCUT2D eigenvalue weighted by Gasteiger charge is -2.33. The highest BCUT2D eigenvalue weighted by molar-refractivity contribution is 5.84. The lowest BCUT2D eigenvalue weighted by atomic mass is 9.80. The number of halogens is 1. The fourth-order valence-corrected chi connectivity index (χ4v) is 2.56. The van der Waals surface area contributed by atoms with Crippen LogP contribution in [0.25, 0.3) is 0 Å². The molecule has 0 fully saturated rings. The SMILES string of the molecule is CC(C)(CCO)[C@@H](OC(=O)Nc1ccccc1)c1ccc(O)c(F)c1. The lowest BCUT2D eigenvalue weighted by Crippen LogP contribution is -2.29. The number of aliphatic hydroxyl groups excluding tert-OH is 1. The molecule has 0 aliphatic rings. The van der Waals surface area contributed by atoms with Gasteiger partial charge in [-0.25, -0.2) is 9.18 Å². The van der Waals surface area contributed by atoms with Gasteiger partial charge >= 0.3 is 6.09 Å². The van der Waals surface area contributed by atoms with Crippen LogP contribution in [0.3, 0.4) is 0 Å². The molecule has 1 atom stereocenters. The standard InChI is InChI=1S/C19H22FNO4/c1-19(2,10-11-22)17(13-8-9-16(23)15(20)12-13)25-18(24)21-14-6-4-3-5-7-14/h3-9,12,17,22-23H,10-11H2,1-2H3,(H,21,24)/t17-/m0/s1. The highest BCUT2D eigenvalue weighted by Gasteiger charge is 2.34. The maximum atomic E-state index is 13.7. The lowest BCUT2D eigenvalue weighted by molar-refractivity contribution is 0.0150. The number of phenols is 1. The normalized spacial score (nSPS) is 12.5. The molecule has 1 amide bonds. The Morgan fingerprint density at radius 2 is 1.92 bits per heavy atom. The van der Waals surface area contributed by atoms with Gasteiger partial charge in [0.15, 0.2) is 11.6 Å². The number of amides is 1. The van der Waals surface area contributed by atoms with Crippen molar-refractivity contribution in [1.29, 1.82) is 0 Å². The Bertz CT molecular complexity index is 719. The van der Waals surface area contributed by atoms with Crippen LogP contribution in [0.5, 0.6) is 5.75 Å². The van der Waals surface area contributed by atoms with Crippen molar-refractivity contribution in [3.05, 3.63) is 59.9 Å². The summed E-state index contributed by atoms with van der Waals surface area (Å²) < 4.78 is 19.3. The van der Waals surface area contributed by atoms with Gasteiger partial charge in [-0.3, -0.25) is 5.32 Å². The number of phenolic OH excluding ortho intramolecular Hbond substituents is 1. The van der Waals surface area contributed by atoms with E-state index in [9.17, 15) is 19.4 Å². The third-order valence-corrected chi connectivity index (χ3v) is 3.99. The van der Waals surface area contributed by atoms with Crippen LogP contribution in [0, 0.1) is 11.2 Å². The van der Waals surface area contributed by atoms with Crippen LogP contribution in [0.2, 0.25) is 0 Å². The summed E-state index contributed by atoms with van der Waals surface area (Å²) in [5.74, 6) is -1.27. The second kappa shape index (κ2) is 7.98. The van der Waals surface area contributed by atoms with Crippen molar-refractivity contribution in [1.82, 2.24) is 0 Å². The number of hydrogen-bond donors (Lipinski definition) is 3. The average Bonchev–Trinajstić information content (AvgIpc) is 2.56. The first-order valence-electron chi connectivity index (χ1n) is 7.95. The van der Waals surface area contributed by atoms with E-state index in [0.717, 1.165) is 6.07 Å². The van der Waals surface area contributed by atoms with E-state index >= 15 is 0 Å². The maximum Gasteiger partial charge on any atom is 0.412 e. The summed E-state index contributed by atoms with van der Waals surface area (Å²) in [6.07, 6.45) is -1.15. The van der Waals surface area contributed by atoms with Gasteiger partial charge in [-0.05, 0) is 36.2 Å². The Balaban J connectivity index is 2.25. The van der Waals surface area contributed by atoms with Gasteiger partial charge in [0, 0.05) is 17.7 Å². The molecule has 3 N–H and O–H groups in total. The maximum absolute atomic E-state index is 13.7. The average molecular weight is 347 g/mol. The molecule has 0 saturated heterocycles. The summed E-state index contributed by atoms with van der Waals surface area (Å²) >= 11 is 0. The molecule has 0 heterocycles. The fraction of sp³-hybridized carbons (Fsp3) is 0.316. The van der Waals surface area contributed by atoms with Crippen molar-refractivity contribution in [2.24, 2.45) is 5.41 Å². The molecule has 134 valence electrons. The van der Waals surface area contributed by atoms with Gasteiger partial charge in [-0.15, -0.1) is 0 Å². The molecule has 0 aliphatic heterocycles. The minimum atomic E-state index is -0.807. The van der Waals surface area contributed by atoms with Crippen molar-refractivity contribution in [3.8, 4) is 5.75 Å². The predicted molar refractivity (Wildman–Crippen MR) is 92.8 cm³/mol. The quantitative estimate of drug-likeness (QED) is 0.731. The Labute approximate surface area is 146 Å². The molecule has 0 aromatic heterocycles. The van der Waals surface area contributed by atoms with E-state index in [2.05, 4.69) is 5.32 Å². The number of carbonyl (C=O) groups excluding carboxylic acids is 1. The van der Waals surface area contributed by atoms with Gasteiger partial charge in [0.1, 0.15) is 6.10 Å². The second-order valence-corrected chi connectivity index (χ2v) is 6.45. The molecule has 2 aromatic rings. The van der Waals surface area contributed by atoms with E-state index in [4.69, 9.17) is 4.74 Å². The molecule has 2 rings (SSSR count). The summed E-state index contributed by atoms with van der Waals surface area (Å²) in [6.45, 7) is 3.52. The predicted octanol–water partition coefficient (Wildman–Crippen LogP) is 4.23. The molecule has 0 unspecified atom stereocenters. The molecule has 0 aliphatic carbocycles. The van der Waals surface area contributed by atoms with Gasteiger partial charge in [0.05, 0.1) is 0 Å². The molecular formula is C19H22FNO4. The van der Waals surface area contributed by atoms with E-state index in [-0.39, 0.29) is 6.61 Å². The summed E-state index contributed by atoms with van der Waals surface area (Å²) in [7, 11) is 0. The van der Waals surface area contributed by atoms with Crippen molar-refractivity contribution in [3.63, 3.8) is 0 Å². The number of carbonyl (C=O) groups is 1. The van der Waals surface area contributed by atoms with E-state index in [1.54, 1.807) is 24.3 Å². The molecule has 0 spiro atoms. The molecule has 0 radical (unpaired) electrons. The zero-order chi connectivity index (χ0) is 18.4. The zero-order valence-electron chi connectivity index (χ0n) is 14.2. The number of para-hydroxylation sites is 1. The monoisotopic (exact) mass is 347 g/mol. The van der Waals surface area contributed by atoms with Crippen LogP contribution < -0.4 is 5.32 Å². The summed E-state index contributed by atoms with van der Waals surface area (Å²) in [4.78, 5) is 12.3. The van der Waals surface area contributed by atoms with Gasteiger partial charge in [-0.2, -0.15) is 0 Å². The number of aliphatic hydroxyl groups is 1. The number of nitrogens with one attached hydrogen (secondary N) is 1. The van der Waals surface area contributed by atoms with E-state index in [1.165, 1.54) is 12.1 Å². The number of benzene rings is 2. The van der Waals surface area contributed by atoms with Crippen LogP contribution in [-0.4, -0.2) is 22.9 Å². The highest BCUT2D eigenvalue weighted by Crippen LogP contribution is 2.40. The third-order valence-electron chi connectivity index (χ3n) is 3.99. The van der Waals surface area contributed by atoms with Gasteiger partial charge in [0.2, 0.25) is 0 Å². The largest absolute Gasteiger partial charge is 0.505 e. The molecule has 25 heavy (non-hydrogen) atoms. The van der Waals surface area contributed by atoms with Crippen molar-refractivity contribution in [2.45, 2.75) is 26.4 Å². The van der Waals surface area contributed by atoms with Crippen LogP contribution in [0.15, 0.2) is 48.5 Å². The topological polar surface area (TPSA) is 78.8 Å². The number of anilines is 1. The van der Waals surface area contributed by atoms with Crippen LogP contribution in [-0.2, 0) is 4.74 Å². The van der Waals surface area contributed by atoms with Crippen LogP contribution >= 0.6 is 0 Å². The molecular weight excluding hydrogens is 325 g/mol. The van der Waals surface area contributed by atoms with E-state index in [1.807, 2.05) is 19.9 Å². The Morgan fingerprint density at radius 1 is 1.24 bits per heavy atom. The summed E-state index contributed by atoms with van der Waals surface area (Å²) in [5.41, 5.74) is 0.326. The zero-order valence-corrected chi connectivity index (χ0v) is 14.2. The number of rotatable bonds is 6. The fourth-order valence-electron chi connectivity index (χ4n) is 2.56. The van der Waals surface area contributed by atoms with Gasteiger partial charge in [-0.1, -0.05) is 38.1 Å². The third kappa shape index (κ3) is 4.93. The minimum absolute atomic E-state index is 0.103. The van der Waals surface area contributed by atoms with Crippen LogP contribution in [0.1, 0.15) is 31.9 Å². The summed E-state index contributed by atoms with van der Waals surface area (Å²) in [6, 6.07) is 12.7. The molecule has 0 saturated carbocycles. The first-order valence-corrected chi connectivity index (χ1v) is 7.95.